The maximum atomic E-state index is 10.5. The number of fused-ring (bicyclic) bond motifs is 1. The van der Waals surface area contributed by atoms with Crippen molar-refractivity contribution in [2.45, 2.75) is 25.0 Å². The number of carbonyl (C=O) groups is 1. The number of carbonyl (C=O) groups excluding carboxylic acids is 1. The Hall–Kier alpha value is -0.570. The standard InChI is InChI=1S/C6H9NO2/c7-6(8)5-2-3-1-4(3)9-5/h3-5H,1-2H2,(H2,7,8). The maximum Gasteiger partial charge on any atom is 0.246 e. The van der Waals surface area contributed by atoms with Crippen molar-refractivity contribution in [3.8, 4) is 0 Å². The summed E-state index contributed by atoms with van der Waals surface area (Å²) < 4.78 is 5.22. The van der Waals surface area contributed by atoms with Crippen molar-refractivity contribution in [1.29, 1.82) is 0 Å². The third-order valence-corrected chi connectivity index (χ3v) is 2.03. The van der Waals surface area contributed by atoms with Crippen molar-refractivity contribution >= 4 is 5.91 Å². The molecule has 0 aromatic heterocycles. The fourth-order valence-corrected chi connectivity index (χ4v) is 1.36. The molecule has 3 nitrogen and oxygen atoms in total. The number of primary amides is 1. The van der Waals surface area contributed by atoms with Gasteiger partial charge in [-0.2, -0.15) is 0 Å². The van der Waals surface area contributed by atoms with Gasteiger partial charge in [0.05, 0.1) is 6.10 Å². The van der Waals surface area contributed by atoms with E-state index in [4.69, 9.17) is 10.5 Å². The fourth-order valence-electron chi connectivity index (χ4n) is 1.36. The van der Waals surface area contributed by atoms with Crippen LogP contribution in [-0.2, 0) is 9.53 Å². The van der Waals surface area contributed by atoms with Gasteiger partial charge in [0.2, 0.25) is 5.91 Å². The minimum absolute atomic E-state index is 0.270. The van der Waals surface area contributed by atoms with Gasteiger partial charge in [-0.1, -0.05) is 0 Å². The Morgan fingerprint density at radius 3 is 2.67 bits per heavy atom. The molecule has 3 atom stereocenters. The minimum Gasteiger partial charge on any atom is -0.367 e. The van der Waals surface area contributed by atoms with Gasteiger partial charge in [0.1, 0.15) is 6.10 Å². The molecule has 1 amide bonds. The van der Waals surface area contributed by atoms with E-state index >= 15 is 0 Å². The quantitative estimate of drug-likeness (QED) is 0.523. The number of amides is 1. The first-order valence-corrected chi connectivity index (χ1v) is 3.22. The zero-order valence-electron chi connectivity index (χ0n) is 5.04. The molecule has 0 spiro atoms. The van der Waals surface area contributed by atoms with Crippen LogP contribution in [0.2, 0.25) is 0 Å². The van der Waals surface area contributed by atoms with Crippen LogP contribution in [0.3, 0.4) is 0 Å². The Labute approximate surface area is 53.2 Å². The topological polar surface area (TPSA) is 52.3 Å². The summed E-state index contributed by atoms with van der Waals surface area (Å²) in [6, 6.07) is 0. The molecule has 3 unspecified atom stereocenters. The molecule has 1 saturated carbocycles. The van der Waals surface area contributed by atoms with E-state index in [1.54, 1.807) is 0 Å². The average Bonchev–Trinajstić information content (AvgIpc) is 2.40. The molecule has 1 aliphatic carbocycles. The summed E-state index contributed by atoms with van der Waals surface area (Å²) in [5.41, 5.74) is 5.02. The molecule has 1 saturated heterocycles. The predicted molar refractivity (Wildman–Crippen MR) is 30.6 cm³/mol. The Bertz CT molecular complexity index is 147. The van der Waals surface area contributed by atoms with Gasteiger partial charge < -0.3 is 10.5 Å². The highest BCUT2D eigenvalue weighted by molar-refractivity contribution is 5.79. The van der Waals surface area contributed by atoms with Crippen LogP contribution >= 0.6 is 0 Å². The minimum atomic E-state index is -0.304. The van der Waals surface area contributed by atoms with Crippen molar-refractivity contribution in [3.63, 3.8) is 0 Å². The highest BCUT2D eigenvalue weighted by atomic mass is 16.5. The smallest absolute Gasteiger partial charge is 0.246 e. The summed E-state index contributed by atoms with van der Waals surface area (Å²) in [4.78, 5) is 10.5. The Balaban J connectivity index is 1.97. The zero-order chi connectivity index (χ0) is 6.43. The van der Waals surface area contributed by atoms with Crippen LogP contribution in [0, 0.1) is 5.92 Å². The zero-order valence-corrected chi connectivity index (χ0v) is 5.04. The second-order valence-corrected chi connectivity index (χ2v) is 2.80. The lowest BCUT2D eigenvalue weighted by Crippen LogP contribution is -2.28. The van der Waals surface area contributed by atoms with Crippen molar-refractivity contribution in [3.05, 3.63) is 0 Å². The molecule has 0 aromatic carbocycles. The molecule has 0 radical (unpaired) electrons. The largest absolute Gasteiger partial charge is 0.367 e. The van der Waals surface area contributed by atoms with Crippen LogP contribution in [0.25, 0.3) is 0 Å². The van der Waals surface area contributed by atoms with E-state index in [1.165, 1.54) is 0 Å². The molecule has 0 aromatic rings. The average molecular weight is 127 g/mol. The highest BCUT2D eigenvalue weighted by Crippen LogP contribution is 2.45. The Morgan fingerprint density at radius 1 is 1.56 bits per heavy atom. The van der Waals surface area contributed by atoms with E-state index in [2.05, 4.69) is 0 Å². The summed E-state index contributed by atoms with van der Waals surface area (Å²) in [6.07, 6.45) is 2.11. The summed E-state index contributed by atoms with van der Waals surface area (Å²) in [7, 11) is 0. The lowest BCUT2D eigenvalue weighted by molar-refractivity contribution is -0.128. The second kappa shape index (κ2) is 1.48. The lowest BCUT2D eigenvalue weighted by Gasteiger charge is -2.05. The second-order valence-electron chi connectivity index (χ2n) is 2.80. The Kier molecular flexibility index (Phi) is 0.858. The van der Waals surface area contributed by atoms with E-state index in [1.807, 2.05) is 0 Å². The third kappa shape index (κ3) is 0.721. The van der Waals surface area contributed by atoms with Gasteiger partial charge >= 0.3 is 0 Å². The number of hydrogen-bond donors (Lipinski definition) is 1. The molecule has 3 heteroatoms. The molecule has 0 bridgehead atoms. The van der Waals surface area contributed by atoms with Crippen molar-refractivity contribution in [1.82, 2.24) is 0 Å². The van der Waals surface area contributed by atoms with Crippen LogP contribution in [0.5, 0.6) is 0 Å². The van der Waals surface area contributed by atoms with Crippen LogP contribution in [0.1, 0.15) is 12.8 Å². The first-order valence-electron chi connectivity index (χ1n) is 3.22. The first kappa shape index (κ1) is 5.23. The van der Waals surface area contributed by atoms with Crippen LogP contribution in [-0.4, -0.2) is 18.1 Å². The number of rotatable bonds is 1. The van der Waals surface area contributed by atoms with Crippen molar-refractivity contribution in [2.24, 2.45) is 11.7 Å². The van der Waals surface area contributed by atoms with Gasteiger partial charge in [0, 0.05) is 0 Å². The van der Waals surface area contributed by atoms with Crippen LogP contribution < -0.4 is 5.73 Å². The Morgan fingerprint density at radius 2 is 2.33 bits per heavy atom. The van der Waals surface area contributed by atoms with Crippen LogP contribution in [0.15, 0.2) is 0 Å². The van der Waals surface area contributed by atoms with E-state index in [9.17, 15) is 4.79 Å². The molecule has 1 heterocycles. The molecule has 2 N–H and O–H groups in total. The van der Waals surface area contributed by atoms with Gasteiger partial charge in [-0.25, -0.2) is 0 Å². The number of ether oxygens (including phenoxy) is 1. The molecule has 50 valence electrons. The lowest BCUT2D eigenvalue weighted by atomic mass is 10.2. The van der Waals surface area contributed by atoms with Gasteiger partial charge in [-0.05, 0) is 18.8 Å². The number of nitrogens with two attached hydrogens (primary N) is 1. The van der Waals surface area contributed by atoms with Crippen molar-refractivity contribution < 1.29 is 9.53 Å². The molecule has 2 fully saturated rings. The molecule has 9 heavy (non-hydrogen) atoms. The van der Waals surface area contributed by atoms with E-state index in [0.29, 0.717) is 12.0 Å². The summed E-state index contributed by atoms with van der Waals surface area (Å²) in [5.74, 6) is 0.352. The number of hydrogen-bond acceptors (Lipinski definition) is 2. The highest BCUT2D eigenvalue weighted by Gasteiger charge is 2.49. The predicted octanol–water partition coefficient (Wildman–Crippen LogP) is -0.351. The molecule has 2 rings (SSSR count). The normalized spacial score (nSPS) is 46.4. The fraction of sp³-hybridized carbons (Fsp3) is 0.833. The van der Waals surface area contributed by atoms with Gasteiger partial charge in [-0.3, -0.25) is 4.79 Å². The monoisotopic (exact) mass is 127 g/mol. The van der Waals surface area contributed by atoms with Crippen LogP contribution in [0.4, 0.5) is 0 Å². The summed E-state index contributed by atoms with van der Waals surface area (Å²) in [6.45, 7) is 0. The molecule has 2 aliphatic rings. The van der Waals surface area contributed by atoms with Gasteiger partial charge in [-0.15, -0.1) is 0 Å². The first-order chi connectivity index (χ1) is 4.27. The SMILES string of the molecule is NC(=O)C1CC2CC2O1. The summed E-state index contributed by atoms with van der Waals surface area (Å²) >= 11 is 0. The van der Waals surface area contributed by atoms with E-state index in [-0.39, 0.29) is 12.0 Å². The van der Waals surface area contributed by atoms with Crippen molar-refractivity contribution in [2.75, 3.05) is 0 Å². The van der Waals surface area contributed by atoms with E-state index in [0.717, 1.165) is 12.8 Å². The van der Waals surface area contributed by atoms with Gasteiger partial charge in [0.25, 0.3) is 0 Å². The maximum absolute atomic E-state index is 10.5. The molecular weight excluding hydrogens is 118 g/mol. The molecule has 1 aliphatic heterocycles. The molecular formula is C6H9NO2. The van der Waals surface area contributed by atoms with Gasteiger partial charge in [0.15, 0.2) is 0 Å². The van der Waals surface area contributed by atoms with E-state index < -0.39 is 0 Å². The summed E-state index contributed by atoms with van der Waals surface area (Å²) in [5, 5.41) is 0. The third-order valence-electron chi connectivity index (χ3n) is 2.03.